The first-order valence-electron chi connectivity index (χ1n) is 11.8. The molecule has 4 rings (SSSR count). The van der Waals surface area contributed by atoms with Gasteiger partial charge < -0.3 is 16.0 Å². The summed E-state index contributed by atoms with van der Waals surface area (Å²) in [6.07, 6.45) is 2.02. The molecule has 0 saturated carbocycles. The summed E-state index contributed by atoms with van der Waals surface area (Å²) in [6.45, 7) is 5.52. The van der Waals surface area contributed by atoms with E-state index in [1.807, 2.05) is 24.3 Å². The molecular weight excluding hydrogens is 470 g/mol. The molecule has 0 aromatic heterocycles. The van der Waals surface area contributed by atoms with Crippen molar-refractivity contribution in [1.29, 1.82) is 0 Å². The van der Waals surface area contributed by atoms with Crippen LogP contribution in [0.2, 0.25) is 0 Å². The summed E-state index contributed by atoms with van der Waals surface area (Å²) in [7, 11) is 0. The van der Waals surface area contributed by atoms with Crippen molar-refractivity contribution >= 4 is 23.4 Å². The van der Waals surface area contributed by atoms with Crippen LogP contribution < -0.4 is 16.0 Å². The Morgan fingerprint density at radius 1 is 1.14 bits per heavy atom. The average molecular weight is 501 g/mol. The molecule has 1 fully saturated rings. The average Bonchev–Trinajstić information content (AvgIpc) is 2.85. The van der Waals surface area contributed by atoms with E-state index in [9.17, 15) is 23.6 Å². The van der Waals surface area contributed by atoms with Crippen LogP contribution in [0.4, 0.5) is 29.7 Å². The number of hydroxylamine groups is 2. The van der Waals surface area contributed by atoms with E-state index in [0.717, 1.165) is 54.6 Å². The number of benzene rings is 2. The standard InChI is InChI=1S/C25H30F2N6O3/c1-17-15-23(18-7-8-19(26)20(27)16-18)33(24(34)29-17)25(35)32(36)10-4-9-30-11-13-31(14-12-30)22-6-3-2-5-21(22)28/h2-3,5-8,15-16,23,36H,4,9-14,28H2,1H3,(H,29,34). The van der Waals surface area contributed by atoms with Gasteiger partial charge >= 0.3 is 12.1 Å². The first-order valence-corrected chi connectivity index (χ1v) is 11.8. The molecule has 1 atom stereocenters. The van der Waals surface area contributed by atoms with Crippen molar-refractivity contribution in [2.75, 3.05) is 49.9 Å². The molecule has 1 saturated heterocycles. The second-order valence-electron chi connectivity index (χ2n) is 8.91. The van der Waals surface area contributed by atoms with Gasteiger partial charge in [0.1, 0.15) is 0 Å². The lowest BCUT2D eigenvalue weighted by atomic mass is 10.0. The molecule has 2 aliphatic rings. The molecule has 0 radical (unpaired) electrons. The number of piperazine rings is 1. The molecule has 2 heterocycles. The predicted octanol–water partition coefficient (Wildman–Crippen LogP) is 3.54. The van der Waals surface area contributed by atoms with Crippen LogP contribution >= 0.6 is 0 Å². The molecule has 2 aromatic carbocycles. The molecule has 11 heteroatoms. The van der Waals surface area contributed by atoms with Crippen LogP contribution in [0.15, 0.2) is 54.2 Å². The second kappa shape index (κ2) is 10.9. The van der Waals surface area contributed by atoms with Crippen LogP contribution in [0.3, 0.4) is 0 Å². The molecule has 4 amide bonds. The van der Waals surface area contributed by atoms with Gasteiger partial charge in [0, 0.05) is 38.4 Å². The number of imide groups is 1. The van der Waals surface area contributed by atoms with Crippen molar-refractivity contribution in [3.05, 3.63) is 71.4 Å². The molecule has 36 heavy (non-hydrogen) atoms. The number of urea groups is 2. The molecule has 4 N–H and O–H groups in total. The van der Waals surface area contributed by atoms with Crippen molar-refractivity contribution < 1.29 is 23.6 Å². The van der Waals surface area contributed by atoms with Gasteiger partial charge in [-0.15, -0.1) is 0 Å². The zero-order valence-corrected chi connectivity index (χ0v) is 20.0. The number of nitrogens with one attached hydrogen (secondary N) is 1. The maximum absolute atomic E-state index is 13.8. The Hall–Kier alpha value is -3.70. The highest BCUT2D eigenvalue weighted by molar-refractivity contribution is 5.95. The van der Waals surface area contributed by atoms with Gasteiger partial charge in [0.2, 0.25) is 0 Å². The van der Waals surface area contributed by atoms with Crippen molar-refractivity contribution in [2.45, 2.75) is 19.4 Å². The highest BCUT2D eigenvalue weighted by Gasteiger charge is 2.36. The fraction of sp³-hybridized carbons (Fsp3) is 0.360. The monoisotopic (exact) mass is 500 g/mol. The normalized spacial score (nSPS) is 18.6. The molecule has 192 valence electrons. The number of nitrogens with two attached hydrogens (primary N) is 1. The van der Waals surface area contributed by atoms with Gasteiger partial charge in [-0.3, -0.25) is 10.1 Å². The third-order valence-electron chi connectivity index (χ3n) is 6.42. The third-order valence-corrected chi connectivity index (χ3v) is 6.42. The van der Waals surface area contributed by atoms with Crippen molar-refractivity contribution in [2.24, 2.45) is 0 Å². The number of carbonyl (C=O) groups excluding carboxylic acids is 2. The Kier molecular flexibility index (Phi) is 7.70. The first kappa shape index (κ1) is 25.4. The van der Waals surface area contributed by atoms with Crippen LogP contribution in [-0.4, -0.2) is 71.4 Å². The molecule has 1 unspecified atom stereocenters. The Labute approximate surface area is 208 Å². The highest BCUT2D eigenvalue weighted by Crippen LogP contribution is 2.29. The Morgan fingerprint density at radius 2 is 1.86 bits per heavy atom. The Balaban J connectivity index is 1.32. The van der Waals surface area contributed by atoms with Crippen molar-refractivity contribution in [3.8, 4) is 0 Å². The van der Waals surface area contributed by atoms with Gasteiger partial charge in [0.25, 0.3) is 0 Å². The van der Waals surface area contributed by atoms with Gasteiger partial charge in [-0.1, -0.05) is 18.2 Å². The van der Waals surface area contributed by atoms with Crippen molar-refractivity contribution in [1.82, 2.24) is 20.2 Å². The lowest BCUT2D eigenvalue weighted by Crippen LogP contribution is -2.53. The molecule has 0 spiro atoms. The minimum atomic E-state index is -1.09. The maximum Gasteiger partial charge on any atom is 0.352 e. The van der Waals surface area contributed by atoms with Gasteiger partial charge in [0.15, 0.2) is 11.6 Å². The molecule has 0 aliphatic carbocycles. The fourth-order valence-electron chi connectivity index (χ4n) is 4.51. The van der Waals surface area contributed by atoms with E-state index >= 15 is 0 Å². The quantitative estimate of drug-likeness (QED) is 0.318. The molecule has 9 nitrogen and oxygen atoms in total. The van der Waals surface area contributed by atoms with Crippen molar-refractivity contribution in [3.63, 3.8) is 0 Å². The predicted molar refractivity (Wildman–Crippen MR) is 131 cm³/mol. The molecule has 0 bridgehead atoms. The number of hydrogen-bond donors (Lipinski definition) is 3. The summed E-state index contributed by atoms with van der Waals surface area (Å²) >= 11 is 0. The van der Waals surface area contributed by atoms with Gasteiger partial charge in [0.05, 0.1) is 24.0 Å². The SMILES string of the molecule is CC1=CC(c2ccc(F)c(F)c2)N(C(=O)N(O)CCCN2CCN(c3ccccc3N)CC2)C(=O)N1. The maximum atomic E-state index is 13.8. The number of carbonyl (C=O) groups is 2. The number of allylic oxidation sites excluding steroid dienone is 1. The molecular formula is C25H30F2N6O3. The Morgan fingerprint density at radius 3 is 2.56 bits per heavy atom. The summed E-state index contributed by atoms with van der Waals surface area (Å²) in [4.78, 5) is 30.8. The first-order chi connectivity index (χ1) is 17.2. The van der Waals surface area contributed by atoms with Gasteiger partial charge in [-0.05, 0) is 49.2 Å². The van der Waals surface area contributed by atoms with E-state index in [1.54, 1.807) is 13.0 Å². The second-order valence-corrected chi connectivity index (χ2v) is 8.91. The molecule has 2 aromatic rings. The van der Waals surface area contributed by atoms with Crippen LogP contribution in [0.25, 0.3) is 0 Å². The summed E-state index contributed by atoms with van der Waals surface area (Å²) in [5.74, 6) is -2.12. The van der Waals surface area contributed by atoms with Crippen LogP contribution in [0.1, 0.15) is 24.9 Å². The number of anilines is 2. The largest absolute Gasteiger partial charge is 0.397 e. The van der Waals surface area contributed by atoms with Gasteiger partial charge in [-0.2, -0.15) is 0 Å². The number of nitrogens with zero attached hydrogens (tertiary/aromatic N) is 4. The van der Waals surface area contributed by atoms with E-state index in [-0.39, 0.29) is 12.1 Å². The highest BCUT2D eigenvalue weighted by atomic mass is 19.2. The zero-order valence-electron chi connectivity index (χ0n) is 20.0. The number of nitrogen functional groups attached to an aromatic ring is 1. The number of hydrogen-bond acceptors (Lipinski definition) is 6. The number of amides is 4. The lowest BCUT2D eigenvalue weighted by molar-refractivity contribution is -0.0568. The summed E-state index contributed by atoms with van der Waals surface area (Å²) in [5, 5.41) is 13.4. The fourth-order valence-corrected chi connectivity index (χ4v) is 4.51. The zero-order chi connectivity index (χ0) is 25.8. The van der Waals surface area contributed by atoms with E-state index in [2.05, 4.69) is 15.1 Å². The smallest absolute Gasteiger partial charge is 0.352 e. The molecule has 2 aliphatic heterocycles. The van der Waals surface area contributed by atoms with Crippen LogP contribution in [0, 0.1) is 11.6 Å². The Bertz CT molecular complexity index is 1150. The minimum absolute atomic E-state index is 0.00164. The third kappa shape index (κ3) is 5.58. The summed E-state index contributed by atoms with van der Waals surface area (Å²) in [6, 6.07) is 8.22. The van der Waals surface area contributed by atoms with E-state index in [4.69, 9.17) is 5.73 Å². The number of halogens is 2. The van der Waals surface area contributed by atoms with Gasteiger partial charge in [-0.25, -0.2) is 28.3 Å². The summed E-state index contributed by atoms with van der Waals surface area (Å²) < 4.78 is 27.2. The van der Waals surface area contributed by atoms with E-state index in [0.29, 0.717) is 23.7 Å². The van der Waals surface area contributed by atoms with Crippen LogP contribution in [0.5, 0.6) is 0 Å². The lowest BCUT2D eigenvalue weighted by Gasteiger charge is -2.37. The van der Waals surface area contributed by atoms with Crippen LogP contribution in [-0.2, 0) is 0 Å². The minimum Gasteiger partial charge on any atom is -0.397 e. The van der Waals surface area contributed by atoms with E-state index in [1.165, 1.54) is 6.07 Å². The number of para-hydroxylation sites is 2. The summed E-state index contributed by atoms with van der Waals surface area (Å²) in [5.41, 5.74) is 8.51. The van der Waals surface area contributed by atoms with E-state index < -0.39 is 29.7 Å². The topological polar surface area (TPSA) is 105 Å². The number of rotatable bonds is 6.